The van der Waals surface area contributed by atoms with Crippen LogP contribution in [0.1, 0.15) is 33.1 Å². The molecule has 0 aliphatic carbocycles. The van der Waals surface area contributed by atoms with Gasteiger partial charge in [0.25, 0.3) is 0 Å². The highest BCUT2D eigenvalue weighted by atomic mass is 16.5. The van der Waals surface area contributed by atoms with E-state index in [1.165, 1.54) is 0 Å². The predicted molar refractivity (Wildman–Crippen MR) is 68.4 cm³/mol. The maximum absolute atomic E-state index is 11.6. The molecule has 6 heteroatoms. The van der Waals surface area contributed by atoms with E-state index < -0.39 is 18.1 Å². The molecule has 0 aliphatic rings. The van der Waals surface area contributed by atoms with Crippen molar-refractivity contribution in [2.45, 2.75) is 45.2 Å². The quantitative estimate of drug-likeness (QED) is 0.494. The normalized spacial score (nSPS) is 13.9. The summed E-state index contributed by atoms with van der Waals surface area (Å²) in [5.41, 5.74) is 0. The van der Waals surface area contributed by atoms with Crippen molar-refractivity contribution in [2.24, 2.45) is 0 Å². The van der Waals surface area contributed by atoms with Crippen molar-refractivity contribution in [3.63, 3.8) is 0 Å². The van der Waals surface area contributed by atoms with E-state index >= 15 is 0 Å². The number of amides is 1. The van der Waals surface area contributed by atoms with Gasteiger partial charge in [-0.2, -0.15) is 0 Å². The van der Waals surface area contributed by atoms with Crippen molar-refractivity contribution in [2.75, 3.05) is 20.3 Å². The van der Waals surface area contributed by atoms with Crippen LogP contribution in [0.5, 0.6) is 0 Å². The van der Waals surface area contributed by atoms with Crippen LogP contribution in [0.25, 0.3) is 0 Å². The highest BCUT2D eigenvalue weighted by Crippen LogP contribution is 2.02. The van der Waals surface area contributed by atoms with Crippen LogP contribution in [0.3, 0.4) is 0 Å². The number of carboxylic acids is 1. The molecule has 18 heavy (non-hydrogen) atoms. The van der Waals surface area contributed by atoms with E-state index in [1.807, 2.05) is 6.92 Å². The van der Waals surface area contributed by atoms with Crippen LogP contribution in [-0.2, 0) is 14.3 Å². The molecule has 0 aliphatic heterocycles. The molecule has 0 aromatic rings. The van der Waals surface area contributed by atoms with E-state index in [4.69, 9.17) is 9.84 Å². The van der Waals surface area contributed by atoms with Crippen molar-refractivity contribution in [3.05, 3.63) is 0 Å². The van der Waals surface area contributed by atoms with Crippen molar-refractivity contribution in [1.82, 2.24) is 10.6 Å². The highest BCUT2D eigenvalue weighted by molar-refractivity contribution is 5.82. The van der Waals surface area contributed by atoms with Gasteiger partial charge in [0.1, 0.15) is 6.04 Å². The molecule has 3 N–H and O–H groups in total. The van der Waals surface area contributed by atoms with Crippen molar-refractivity contribution in [3.8, 4) is 0 Å². The molecule has 0 spiro atoms. The molecule has 0 saturated carbocycles. The van der Waals surface area contributed by atoms with E-state index in [1.54, 1.807) is 14.0 Å². The summed E-state index contributed by atoms with van der Waals surface area (Å²) in [6.45, 7) is 4.52. The second kappa shape index (κ2) is 9.85. The smallest absolute Gasteiger partial charge is 0.320 e. The Labute approximate surface area is 108 Å². The average molecular weight is 260 g/mol. The molecule has 106 valence electrons. The summed E-state index contributed by atoms with van der Waals surface area (Å²) in [6.07, 6.45) is 2.28. The van der Waals surface area contributed by atoms with Gasteiger partial charge in [0, 0.05) is 13.7 Å². The largest absolute Gasteiger partial charge is 0.480 e. The summed E-state index contributed by atoms with van der Waals surface area (Å²) in [4.78, 5) is 22.6. The second-order valence-electron chi connectivity index (χ2n) is 4.21. The fourth-order valence-corrected chi connectivity index (χ4v) is 1.49. The van der Waals surface area contributed by atoms with Crippen LogP contribution in [0.2, 0.25) is 0 Å². The third-order valence-corrected chi connectivity index (χ3v) is 2.59. The Morgan fingerprint density at radius 3 is 2.56 bits per heavy atom. The number of ether oxygens (including phenoxy) is 1. The van der Waals surface area contributed by atoms with Gasteiger partial charge in [-0.15, -0.1) is 0 Å². The maximum atomic E-state index is 11.6. The third kappa shape index (κ3) is 7.24. The number of carbonyl (C=O) groups is 2. The summed E-state index contributed by atoms with van der Waals surface area (Å²) >= 11 is 0. The molecule has 6 nitrogen and oxygen atoms in total. The molecule has 0 rings (SSSR count). The Balaban J connectivity index is 4.10. The van der Waals surface area contributed by atoms with Crippen LogP contribution in [0.4, 0.5) is 0 Å². The number of unbranched alkanes of at least 4 members (excludes halogenated alkanes) is 1. The van der Waals surface area contributed by atoms with Gasteiger partial charge in [0.15, 0.2) is 0 Å². The van der Waals surface area contributed by atoms with E-state index in [9.17, 15) is 9.59 Å². The van der Waals surface area contributed by atoms with Crippen LogP contribution in [-0.4, -0.2) is 49.3 Å². The predicted octanol–water partition coefficient (Wildman–Crippen LogP) is 0.371. The highest BCUT2D eigenvalue weighted by Gasteiger charge is 2.22. The van der Waals surface area contributed by atoms with E-state index in [-0.39, 0.29) is 5.91 Å². The number of aliphatic carboxylic acids is 1. The van der Waals surface area contributed by atoms with Gasteiger partial charge in [-0.05, 0) is 13.3 Å². The Kier molecular flexibility index (Phi) is 9.22. The lowest BCUT2D eigenvalue weighted by atomic mass is 10.1. The van der Waals surface area contributed by atoms with E-state index in [0.29, 0.717) is 19.6 Å². The molecule has 0 fully saturated rings. The molecule has 2 unspecified atom stereocenters. The number of carboxylic acid groups (broad SMARTS) is 1. The molecular weight excluding hydrogens is 236 g/mol. The Morgan fingerprint density at radius 2 is 2.06 bits per heavy atom. The summed E-state index contributed by atoms with van der Waals surface area (Å²) in [7, 11) is 1.55. The fraction of sp³-hybridized carbons (Fsp3) is 0.833. The third-order valence-electron chi connectivity index (χ3n) is 2.59. The van der Waals surface area contributed by atoms with E-state index in [2.05, 4.69) is 10.6 Å². The molecule has 0 bridgehead atoms. The van der Waals surface area contributed by atoms with Gasteiger partial charge in [0.2, 0.25) is 5.91 Å². The zero-order chi connectivity index (χ0) is 14.0. The summed E-state index contributed by atoms with van der Waals surface area (Å²) in [5, 5.41) is 14.5. The van der Waals surface area contributed by atoms with Gasteiger partial charge in [0.05, 0.1) is 12.6 Å². The summed E-state index contributed by atoms with van der Waals surface area (Å²) < 4.78 is 4.82. The van der Waals surface area contributed by atoms with Gasteiger partial charge in [-0.25, -0.2) is 0 Å². The first-order valence-corrected chi connectivity index (χ1v) is 6.28. The van der Waals surface area contributed by atoms with Crippen LogP contribution >= 0.6 is 0 Å². The molecule has 2 atom stereocenters. The Morgan fingerprint density at radius 1 is 1.39 bits per heavy atom. The van der Waals surface area contributed by atoms with Gasteiger partial charge < -0.3 is 15.2 Å². The monoisotopic (exact) mass is 260 g/mol. The van der Waals surface area contributed by atoms with Gasteiger partial charge in [-0.3, -0.25) is 14.9 Å². The van der Waals surface area contributed by atoms with Gasteiger partial charge >= 0.3 is 5.97 Å². The maximum Gasteiger partial charge on any atom is 0.320 e. The number of rotatable bonds is 10. The van der Waals surface area contributed by atoms with Crippen LogP contribution in [0, 0.1) is 0 Å². The molecule has 0 heterocycles. The number of nitrogens with one attached hydrogen (secondary N) is 2. The number of methoxy groups -OCH3 is 1. The van der Waals surface area contributed by atoms with Crippen molar-refractivity contribution >= 4 is 11.9 Å². The molecular formula is C12H24N2O4. The molecule has 1 amide bonds. The van der Waals surface area contributed by atoms with Crippen molar-refractivity contribution in [1.29, 1.82) is 0 Å². The van der Waals surface area contributed by atoms with Crippen LogP contribution in [0.15, 0.2) is 0 Å². The van der Waals surface area contributed by atoms with Crippen LogP contribution < -0.4 is 10.6 Å². The topological polar surface area (TPSA) is 87.7 Å². The minimum atomic E-state index is -0.917. The lowest BCUT2D eigenvalue weighted by molar-refractivity contribution is -0.140. The lowest BCUT2D eigenvalue weighted by Gasteiger charge is -2.19. The zero-order valence-electron chi connectivity index (χ0n) is 11.4. The lowest BCUT2D eigenvalue weighted by Crippen LogP contribution is -2.49. The average Bonchev–Trinajstić information content (AvgIpc) is 2.33. The first-order valence-electron chi connectivity index (χ1n) is 6.28. The minimum absolute atomic E-state index is 0.213. The summed E-state index contributed by atoms with van der Waals surface area (Å²) in [5.74, 6) is -1.13. The standard InChI is InChI=1S/C12H24N2O4/c1-4-5-6-10(12(16)17)14-9(2)11(15)13-7-8-18-3/h9-10,14H,4-8H2,1-3H3,(H,13,15)(H,16,17). The second-order valence-corrected chi connectivity index (χ2v) is 4.21. The van der Waals surface area contributed by atoms with Crippen molar-refractivity contribution < 1.29 is 19.4 Å². The first-order chi connectivity index (χ1) is 8.52. The van der Waals surface area contributed by atoms with E-state index in [0.717, 1.165) is 12.8 Å². The molecule has 0 aromatic heterocycles. The minimum Gasteiger partial charge on any atom is -0.480 e. The number of carbonyl (C=O) groups excluding carboxylic acids is 1. The first kappa shape index (κ1) is 16.9. The SMILES string of the molecule is CCCCC(NC(C)C(=O)NCCOC)C(=O)O. The molecule has 0 radical (unpaired) electrons. The number of hydrogen-bond acceptors (Lipinski definition) is 4. The zero-order valence-corrected chi connectivity index (χ0v) is 11.4. The van der Waals surface area contributed by atoms with Gasteiger partial charge in [-0.1, -0.05) is 19.8 Å². The Bertz CT molecular complexity index is 258. The molecule has 0 aromatic carbocycles. The number of hydrogen-bond donors (Lipinski definition) is 3. The molecule has 0 saturated heterocycles. The Hall–Kier alpha value is -1.14. The summed E-state index contributed by atoms with van der Waals surface area (Å²) in [6, 6.07) is -1.20. The fourth-order valence-electron chi connectivity index (χ4n) is 1.49.